The molecule has 0 unspecified atom stereocenters. The van der Waals surface area contributed by atoms with E-state index in [2.05, 4.69) is 41.4 Å². The van der Waals surface area contributed by atoms with Crippen molar-refractivity contribution in [3.8, 4) is 11.6 Å². The zero-order valence-corrected chi connectivity index (χ0v) is 12.6. The fourth-order valence-electron chi connectivity index (χ4n) is 1.66. The Morgan fingerprint density at radius 3 is 2.45 bits per heavy atom. The van der Waals surface area contributed by atoms with Crippen molar-refractivity contribution in [2.45, 2.75) is 24.9 Å². The van der Waals surface area contributed by atoms with Crippen LogP contribution in [-0.4, -0.2) is 16.2 Å². The second-order valence-electron chi connectivity index (χ2n) is 4.55. The number of hydrogen-bond acceptors (Lipinski definition) is 6. The number of hydrazine groups is 1. The van der Waals surface area contributed by atoms with Gasteiger partial charge in [0.05, 0.1) is 0 Å². The number of thioether (sulfide) groups is 1. The minimum Gasteiger partial charge on any atom is -0.439 e. The van der Waals surface area contributed by atoms with Crippen molar-refractivity contribution >= 4 is 17.6 Å². The predicted molar refractivity (Wildman–Crippen MR) is 82.2 cm³/mol. The second kappa shape index (κ2) is 6.58. The van der Waals surface area contributed by atoms with Crippen molar-refractivity contribution in [2.24, 2.45) is 5.84 Å². The number of nitrogens with one attached hydrogen (secondary N) is 1. The van der Waals surface area contributed by atoms with E-state index in [0.29, 0.717) is 22.8 Å². The average Bonchev–Trinajstić information content (AvgIpc) is 2.47. The van der Waals surface area contributed by atoms with Crippen molar-refractivity contribution in [3.05, 3.63) is 35.9 Å². The monoisotopic (exact) mass is 290 g/mol. The van der Waals surface area contributed by atoms with E-state index in [0.717, 1.165) is 5.75 Å². The first-order valence-corrected chi connectivity index (χ1v) is 7.52. The summed E-state index contributed by atoms with van der Waals surface area (Å²) in [6.07, 6.45) is 1.90. The Morgan fingerprint density at radius 2 is 1.90 bits per heavy atom. The maximum atomic E-state index is 5.74. The lowest BCUT2D eigenvalue weighted by Gasteiger charge is -2.09. The van der Waals surface area contributed by atoms with Gasteiger partial charge in [-0.2, -0.15) is 4.98 Å². The van der Waals surface area contributed by atoms with Gasteiger partial charge in [-0.1, -0.05) is 37.7 Å². The highest BCUT2D eigenvalue weighted by molar-refractivity contribution is 7.98. The number of nitrogens with zero attached hydrogens (tertiary/aromatic N) is 2. The molecule has 0 aliphatic carbocycles. The van der Waals surface area contributed by atoms with Crippen LogP contribution in [0, 0.1) is 0 Å². The van der Waals surface area contributed by atoms with Crippen LogP contribution in [-0.2, 0) is 0 Å². The highest BCUT2D eigenvalue weighted by Crippen LogP contribution is 2.25. The first-order valence-electron chi connectivity index (χ1n) is 6.30. The van der Waals surface area contributed by atoms with Gasteiger partial charge in [0.1, 0.15) is 11.6 Å². The summed E-state index contributed by atoms with van der Waals surface area (Å²) in [5.41, 5.74) is 3.78. The molecule has 0 aliphatic heterocycles. The molecule has 2 aromatic rings. The van der Waals surface area contributed by atoms with Gasteiger partial charge in [-0.05, 0) is 29.9 Å². The Balaban J connectivity index is 2.20. The Bertz CT molecular complexity index is 550. The number of nitrogens with two attached hydrogens (primary N) is 1. The first kappa shape index (κ1) is 14.6. The SMILES string of the molecule is CSc1nc(NN)cc(Oc2ccc(C(C)C)cc2)n1. The molecule has 0 amide bonds. The van der Waals surface area contributed by atoms with Crippen molar-refractivity contribution < 1.29 is 4.74 Å². The van der Waals surface area contributed by atoms with Gasteiger partial charge in [-0.25, -0.2) is 10.8 Å². The zero-order valence-electron chi connectivity index (χ0n) is 11.8. The largest absolute Gasteiger partial charge is 0.439 e. The molecule has 0 spiro atoms. The molecular weight excluding hydrogens is 272 g/mol. The molecule has 20 heavy (non-hydrogen) atoms. The zero-order chi connectivity index (χ0) is 14.5. The maximum Gasteiger partial charge on any atom is 0.225 e. The van der Waals surface area contributed by atoms with E-state index in [1.807, 2.05) is 18.4 Å². The minimum atomic E-state index is 0.467. The summed E-state index contributed by atoms with van der Waals surface area (Å²) in [6.45, 7) is 4.31. The second-order valence-corrected chi connectivity index (χ2v) is 5.32. The molecule has 0 aliphatic rings. The molecule has 5 nitrogen and oxygen atoms in total. The summed E-state index contributed by atoms with van der Waals surface area (Å²) in [6, 6.07) is 9.64. The van der Waals surface area contributed by atoms with Crippen LogP contribution in [0.15, 0.2) is 35.5 Å². The van der Waals surface area contributed by atoms with Gasteiger partial charge in [-0.15, -0.1) is 0 Å². The molecule has 3 N–H and O–H groups in total. The lowest BCUT2D eigenvalue weighted by Crippen LogP contribution is -2.09. The summed E-state index contributed by atoms with van der Waals surface area (Å²) >= 11 is 1.43. The number of ether oxygens (including phenoxy) is 1. The topological polar surface area (TPSA) is 73.1 Å². The van der Waals surface area contributed by atoms with Gasteiger partial charge in [0, 0.05) is 6.07 Å². The van der Waals surface area contributed by atoms with Crippen molar-refractivity contribution in [1.82, 2.24) is 9.97 Å². The summed E-state index contributed by atoms with van der Waals surface area (Å²) < 4.78 is 5.74. The third-order valence-corrected chi connectivity index (χ3v) is 3.33. The van der Waals surface area contributed by atoms with E-state index in [1.165, 1.54) is 17.3 Å². The van der Waals surface area contributed by atoms with Gasteiger partial charge in [0.25, 0.3) is 0 Å². The molecule has 0 saturated carbocycles. The number of hydrogen-bond donors (Lipinski definition) is 2. The molecule has 1 aromatic carbocycles. The molecule has 1 heterocycles. The van der Waals surface area contributed by atoms with E-state index in [-0.39, 0.29) is 0 Å². The molecule has 6 heteroatoms. The van der Waals surface area contributed by atoms with Gasteiger partial charge in [0.15, 0.2) is 5.16 Å². The van der Waals surface area contributed by atoms with Crippen LogP contribution in [0.4, 0.5) is 5.82 Å². The molecule has 2 rings (SSSR count). The van der Waals surface area contributed by atoms with Crippen molar-refractivity contribution in [2.75, 3.05) is 11.7 Å². The number of benzene rings is 1. The van der Waals surface area contributed by atoms with Crippen molar-refractivity contribution in [3.63, 3.8) is 0 Å². The number of nitrogen functional groups attached to an aromatic ring is 1. The van der Waals surface area contributed by atoms with Gasteiger partial charge in [-0.3, -0.25) is 0 Å². The Hall–Kier alpha value is -1.79. The van der Waals surface area contributed by atoms with Crippen molar-refractivity contribution in [1.29, 1.82) is 0 Å². The quantitative estimate of drug-likeness (QED) is 0.380. The van der Waals surface area contributed by atoms with Crippen LogP contribution in [0.25, 0.3) is 0 Å². The number of anilines is 1. The molecule has 0 radical (unpaired) electrons. The van der Waals surface area contributed by atoms with Crippen LogP contribution in [0.5, 0.6) is 11.6 Å². The molecule has 0 fully saturated rings. The smallest absolute Gasteiger partial charge is 0.225 e. The molecular formula is C14H18N4OS. The third-order valence-electron chi connectivity index (χ3n) is 2.78. The highest BCUT2D eigenvalue weighted by atomic mass is 32.2. The van der Waals surface area contributed by atoms with Crippen LogP contribution in [0.3, 0.4) is 0 Å². The summed E-state index contributed by atoms with van der Waals surface area (Å²) in [4.78, 5) is 8.47. The summed E-state index contributed by atoms with van der Waals surface area (Å²) in [5, 5.41) is 0.606. The van der Waals surface area contributed by atoms with E-state index < -0.39 is 0 Å². The standard InChI is InChI=1S/C14H18N4OS/c1-9(2)10-4-6-11(7-5-10)19-13-8-12(18-15)16-14(17-13)20-3/h4-9H,15H2,1-3H3,(H,16,17,18). The van der Waals surface area contributed by atoms with Crippen LogP contribution >= 0.6 is 11.8 Å². The van der Waals surface area contributed by atoms with Gasteiger partial charge in [0.2, 0.25) is 5.88 Å². The predicted octanol–water partition coefficient (Wildman–Crippen LogP) is 3.40. The number of aromatic nitrogens is 2. The summed E-state index contributed by atoms with van der Waals surface area (Å²) in [7, 11) is 0. The fraction of sp³-hybridized carbons (Fsp3) is 0.286. The first-order chi connectivity index (χ1) is 9.62. The Kier molecular flexibility index (Phi) is 4.81. The highest BCUT2D eigenvalue weighted by Gasteiger charge is 2.06. The normalized spacial score (nSPS) is 10.7. The molecule has 0 saturated heterocycles. The van der Waals surface area contributed by atoms with Gasteiger partial charge < -0.3 is 10.2 Å². The molecule has 1 aromatic heterocycles. The average molecular weight is 290 g/mol. The maximum absolute atomic E-state index is 5.74. The molecule has 0 atom stereocenters. The fourth-order valence-corrected chi connectivity index (χ4v) is 2.03. The van der Waals surface area contributed by atoms with E-state index in [9.17, 15) is 0 Å². The molecule has 106 valence electrons. The van der Waals surface area contributed by atoms with Crippen LogP contribution in [0.2, 0.25) is 0 Å². The Labute approximate surface area is 122 Å². The lowest BCUT2D eigenvalue weighted by atomic mass is 10.0. The van der Waals surface area contributed by atoms with Gasteiger partial charge >= 0.3 is 0 Å². The third kappa shape index (κ3) is 3.61. The lowest BCUT2D eigenvalue weighted by molar-refractivity contribution is 0.456. The van der Waals surface area contributed by atoms with E-state index in [4.69, 9.17) is 10.6 Å². The van der Waals surface area contributed by atoms with Crippen LogP contribution in [0.1, 0.15) is 25.3 Å². The van der Waals surface area contributed by atoms with E-state index in [1.54, 1.807) is 6.07 Å². The Morgan fingerprint density at radius 1 is 1.20 bits per heavy atom. The minimum absolute atomic E-state index is 0.467. The van der Waals surface area contributed by atoms with E-state index >= 15 is 0 Å². The molecule has 0 bridgehead atoms. The number of rotatable bonds is 5. The van der Waals surface area contributed by atoms with Crippen LogP contribution < -0.4 is 16.0 Å². The summed E-state index contributed by atoms with van der Waals surface area (Å²) in [5.74, 6) is 7.62.